The summed E-state index contributed by atoms with van der Waals surface area (Å²) >= 11 is 0. The maximum absolute atomic E-state index is 12.7. The molecular formula is C17H19F3N4O. The van der Waals surface area contributed by atoms with Crippen LogP contribution >= 0.6 is 0 Å². The van der Waals surface area contributed by atoms with Gasteiger partial charge in [-0.1, -0.05) is 25.8 Å². The van der Waals surface area contributed by atoms with Crippen molar-refractivity contribution in [2.75, 3.05) is 17.2 Å². The predicted octanol–water partition coefficient (Wildman–Crippen LogP) is 4.35. The molecule has 1 amide bonds. The highest BCUT2D eigenvalue weighted by Crippen LogP contribution is 2.30. The number of rotatable bonds is 7. The Hall–Kier alpha value is -2.64. The number of hydrogen-bond donors (Lipinski definition) is 2. The second-order valence-electron chi connectivity index (χ2n) is 5.46. The zero-order valence-corrected chi connectivity index (χ0v) is 13.7. The molecule has 0 fully saturated rings. The van der Waals surface area contributed by atoms with E-state index < -0.39 is 17.6 Å². The molecule has 0 unspecified atom stereocenters. The van der Waals surface area contributed by atoms with Gasteiger partial charge in [0.15, 0.2) is 0 Å². The third-order valence-electron chi connectivity index (χ3n) is 3.43. The highest BCUT2D eigenvalue weighted by molar-refractivity contribution is 6.03. The average Bonchev–Trinajstić information content (AvgIpc) is 2.58. The van der Waals surface area contributed by atoms with Crippen LogP contribution in [0, 0.1) is 0 Å². The van der Waals surface area contributed by atoms with Gasteiger partial charge in [0, 0.05) is 18.3 Å². The molecule has 0 spiro atoms. The third-order valence-corrected chi connectivity index (χ3v) is 3.43. The standard InChI is InChI=1S/C17H19F3N4O/c1-2-3-4-8-21-15-10-14(22-11-23-15)16(25)24-13-7-5-6-12(9-13)17(18,19)20/h5-7,9-11H,2-4,8H2,1H3,(H,24,25)(H,21,22,23). The van der Waals surface area contributed by atoms with Crippen LogP contribution in [0.4, 0.5) is 24.7 Å². The van der Waals surface area contributed by atoms with Gasteiger partial charge in [0.1, 0.15) is 17.8 Å². The van der Waals surface area contributed by atoms with Crippen LogP contribution < -0.4 is 10.6 Å². The lowest BCUT2D eigenvalue weighted by Gasteiger charge is -2.10. The first kappa shape index (κ1) is 18.7. The van der Waals surface area contributed by atoms with Gasteiger partial charge in [0.25, 0.3) is 5.91 Å². The Bertz CT molecular complexity index is 719. The quantitative estimate of drug-likeness (QED) is 0.727. The third kappa shape index (κ3) is 5.74. The van der Waals surface area contributed by atoms with Gasteiger partial charge in [0.05, 0.1) is 5.56 Å². The minimum absolute atomic E-state index is 0.0518. The van der Waals surface area contributed by atoms with Crippen molar-refractivity contribution in [3.63, 3.8) is 0 Å². The summed E-state index contributed by atoms with van der Waals surface area (Å²) in [5.41, 5.74) is -0.701. The van der Waals surface area contributed by atoms with E-state index in [9.17, 15) is 18.0 Å². The topological polar surface area (TPSA) is 66.9 Å². The van der Waals surface area contributed by atoms with E-state index in [1.807, 2.05) is 0 Å². The minimum atomic E-state index is -4.47. The lowest BCUT2D eigenvalue weighted by molar-refractivity contribution is -0.137. The van der Waals surface area contributed by atoms with Gasteiger partial charge in [0.2, 0.25) is 0 Å². The van der Waals surface area contributed by atoms with Crippen molar-refractivity contribution in [2.24, 2.45) is 0 Å². The Morgan fingerprint density at radius 2 is 1.96 bits per heavy atom. The molecule has 0 aliphatic carbocycles. The SMILES string of the molecule is CCCCCNc1cc(C(=O)Nc2cccc(C(F)(F)F)c2)ncn1. The van der Waals surface area contributed by atoms with Crippen LogP contribution in [0.1, 0.15) is 42.2 Å². The predicted molar refractivity (Wildman–Crippen MR) is 89.4 cm³/mol. The molecule has 1 aromatic carbocycles. The number of halogens is 3. The molecule has 25 heavy (non-hydrogen) atoms. The van der Waals surface area contributed by atoms with Crippen LogP contribution in [0.2, 0.25) is 0 Å². The molecular weight excluding hydrogens is 333 g/mol. The molecule has 0 radical (unpaired) electrons. The van der Waals surface area contributed by atoms with Gasteiger partial charge in [-0.3, -0.25) is 4.79 Å². The summed E-state index contributed by atoms with van der Waals surface area (Å²) in [6.45, 7) is 2.82. The Labute approximate surface area is 143 Å². The fourth-order valence-corrected chi connectivity index (χ4v) is 2.14. The van der Waals surface area contributed by atoms with Crippen LogP contribution in [-0.2, 0) is 6.18 Å². The first-order valence-corrected chi connectivity index (χ1v) is 7.94. The Morgan fingerprint density at radius 1 is 1.16 bits per heavy atom. The Morgan fingerprint density at radius 3 is 2.68 bits per heavy atom. The molecule has 5 nitrogen and oxygen atoms in total. The van der Waals surface area contributed by atoms with Crippen LogP contribution in [0.3, 0.4) is 0 Å². The number of unbranched alkanes of at least 4 members (excludes halogenated alkanes) is 2. The van der Waals surface area contributed by atoms with E-state index in [4.69, 9.17) is 0 Å². The second-order valence-corrected chi connectivity index (χ2v) is 5.46. The largest absolute Gasteiger partial charge is 0.416 e. The van der Waals surface area contributed by atoms with Gasteiger partial charge in [-0.15, -0.1) is 0 Å². The summed E-state index contributed by atoms with van der Waals surface area (Å²) in [6.07, 6.45) is -0.0717. The van der Waals surface area contributed by atoms with Crippen LogP contribution in [0.5, 0.6) is 0 Å². The van der Waals surface area contributed by atoms with Gasteiger partial charge in [-0.2, -0.15) is 13.2 Å². The van der Waals surface area contributed by atoms with Crippen molar-refractivity contribution in [1.82, 2.24) is 9.97 Å². The van der Waals surface area contributed by atoms with Crippen LogP contribution in [-0.4, -0.2) is 22.4 Å². The van der Waals surface area contributed by atoms with Crippen molar-refractivity contribution < 1.29 is 18.0 Å². The van der Waals surface area contributed by atoms with E-state index >= 15 is 0 Å². The molecule has 2 N–H and O–H groups in total. The fraction of sp³-hybridized carbons (Fsp3) is 0.353. The number of amides is 1. The molecule has 2 rings (SSSR count). The smallest absolute Gasteiger partial charge is 0.370 e. The number of anilines is 2. The summed E-state index contributed by atoms with van der Waals surface area (Å²) in [6, 6.07) is 5.91. The summed E-state index contributed by atoms with van der Waals surface area (Å²) in [5, 5.41) is 5.51. The summed E-state index contributed by atoms with van der Waals surface area (Å²) in [5.74, 6) is -0.0985. The molecule has 0 saturated heterocycles. The summed E-state index contributed by atoms with van der Waals surface area (Å²) in [4.78, 5) is 20.1. The minimum Gasteiger partial charge on any atom is -0.370 e. The van der Waals surface area contributed by atoms with Gasteiger partial charge < -0.3 is 10.6 Å². The molecule has 1 aromatic heterocycles. The molecule has 0 atom stereocenters. The second kappa shape index (κ2) is 8.46. The van der Waals surface area contributed by atoms with Crippen molar-refractivity contribution in [1.29, 1.82) is 0 Å². The molecule has 0 saturated carbocycles. The Kier molecular flexibility index (Phi) is 6.32. The molecule has 8 heteroatoms. The van der Waals surface area contributed by atoms with Crippen molar-refractivity contribution in [2.45, 2.75) is 32.4 Å². The number of carbonyl (C=O) groups excluding carboxylic acids is 1. The number of carbonyl (C=O) groups is 1. The van der Waals surface area contributed by atoms with E-state index in [1.54, 1.807) is 0 Å². The number of aromatic nitrogens is 2. The molecule has 2 aromatic rings. The first-order chi connectivity index (χ1) is 11.9. The van der Waals surface area contributed by atoms with E-state index in [-0.39, 0.29) is 11.4 Å². The van der Waals surface area contributed by atoms with Crippen molar-refractivity contribution in [3.8, 4) is 0 Å². The lowest BCUT2D eigenvalue weighted by atomic mass is 10.2. The van der Waals surface area contributed by atoms with E-state index in [0.29, 0.717) is 5.82 Å². The number of alkyl halides is 3. The number of nitrogens with one attached hydrogen (secondary N) is 2. The van der Waals surface area contributed by atoms with Gasteiger partial charge in [-0.25, -0.2) is 9.97 Å². The molecule has 0 aliphatic rings. The highest BCUT2D eigenvalue weighted by Gasteiger charge is 2.30. The average molecular weight is 352 g/mol. The Balaban J connectivity index is 2.03. The van der Waals surface area contributed by atoms with E-state index in [1.165, 1.54) is 24.5 Å². The maximum Gasteiger partial charge on any atom is 0.416 e. The first-order valence-electron chi connectivity index (χ1n) is 7.94. The van der Waals surface area contributed by atoms with Crippen molar-refractivity contribution >= 4 is 17.4 Å². The van der Waals surface area contributed by atoms with Crippen LogP contribution in [0.15, 0.2) is 36.7 Å². The molecule has 134 valence electrons. The van der Waals surface area contributed by atoms with Gasteiger partial charge in [-0.05, 0) is 24.6 Å². The number of benzene rings is 1. The zero-order valence-electron chi connectivity index (χ0n) is 13.7. The number of hydrogen-bond acceptors (Lipinski definition) is 4. The monoisotopic (exact) mass is 352 g/mol. The summed E-state index contributed by atoms with van der Waals surface area (Å²) in [7, 11) is 0. The van der Waals surface area contributed by atoms with E-state index in [0.717, 1.165) is 37.9 Å². The van der Waals surface area contributed by atoms with Gasteiger partial charge >= 0.3 is 6.18 Å². The number of nitrogens with zero attached hydrogens (tertiary/aromatic N) is 2. The van der Waals surface area contributed by atoms with E-state index in [2.05, 4.69) is 27.5 Å². The molecule has 0 bridgehead atoms. The van der Waals surface area contributed by atoms with Crippen LogP contribution in [0.25, 0.3) is 0 Å². The maximum atomic E-state index is 12.7. The lowest BCUT2D eigenvalue weighted by Crippen LogP contribution is -2.15. The normalized spacial score (nSPS) is 11.2. The zero-order chi connectivity index (χ0) is 18.3. The van der Waals surface area contributed by atoms with Crippen molar-refractivity contribution in [3.05, 3.63) is 47.9 Å². The highest BCUT2D eigenvalue weighted by atomic mass is 19.4. The summed E-state index contributed by atoms with van der Waals surface area (Å²) < 4.78 is 38.1. The fourth-order valence-electron chi connectivity index (χ4n) is 2.14. The molecule has 0 aliphatic heterocycles. The molecule has 1 heterocycles.